The summed E-state index contributed by atoms with van der Waals surface area (Å²) in [6.07, 6.45) is -0.683. The molecule has 0 saturated heterocycles. The molecule has 1 atom stereocenters. The predicted molar refractivity (Wildman–Crippen MR) is 39.0 cm³/mol. The highest BCUT2D eigenvalue weighted by molar-refractivity contribution is 6.09. The molecule has 1 amide bonds. The van der Waals surface area contributed by atoms with Gasteiger partial charge in [-0.05, 0) is 6.92 Å². The van der Waals surface area contributed by atoms with E-state index in [0.29, 0.717) is 0 Å². The normalized spacial score (nSPS) is 14.8. The first-order chi connectivity index (χ1) is 5.30. The Labute approximate surface area is 68.5 Å². The van der Waals surface area contributed by atoms with Gasteiger partial charge in [-0.3, -0.25) is 9.59 Å². The van der Waals surface area contributed by atoms with Crippen LogP contribution in [-0.4, -0.2) is 28.3 Å². The number of carboxylic acids is 1. The van der Waals surface area contributed by atoms with Gasteiger partial charge in [0.05, 0.1) is 6.42 Å². The highest BCUT2D eigenvalue weighted by atomic mass is 16.4. The molecule has 0 aliphatic carbocycles. The molecule has 0 heterocycles. The number of carboxylic acid groups (broad SMARTS) is 1. The van der Waals surface area contributed by atoms with E-state index in [1.54, 1.807) is 0 Å². The average Bonchev–Trinajstić information content (AvgIpc) is 1.84. The number of ketones is 1. The molecule has 0 bridgehead atoms. The summed E-state index contributed by atoms with van der Waals surface area (Å²) in [5.74, 6) is -3.27. The van der Waals surface area contributed by atoms with Crippen LogP contribution in [0.15, 0.2) is 0 Å². The fraction of sp³-hybridized carbons (Fsp3) is 0.500. The summed E-state index contributed by atoms with van der Waals surface area (Å²) < 4.78 is 0. The van der Waals surface area contributed by atoms with Crippen molar-refractivity contribution in [3.8, 4) is 0 Å². The van der Waals surface area contributed by atoms with Crippen molar-refractivity contribution in [1.29, 1.82) is 0 Å². The van der Waals surface area contributed by atoms with Crippen molar-refractivity contribution in [3.05, 3.63) is 0 Å². The Balaban J connectivity index is 4.75. The van der Waals surface area contributed by atoms with Crippen LogP contribution in [0.4, 0.5) is 0 Å². The quantitative estimate of drug-likeness (QED) is 0.435. The number of primary amides is 1. The number of rotatable bonds is 4. The summed E-state index contributed by atoms with van der Waals surface area (Å²) in [4.78, 5) is 31.5. The van der Waals surface area contributed by atoms with E-state index in [-0.39, 0.29) is 0 Å². The number of carbonyl (C=O) groups is 3. The summed E-state index contributed by atoms with van der Waals surface area (Å²) in [5, 5.41) is 8.50. The molecule has 0 aromatic heterocycles. The Hall–Kier alpha value is -1.43. The van der Waals surface area contributed by atoms with Crippen molar-refractivity contribution in [3.63, 3.8) is 0 Å². The molecule has 0 rings (SSSR count). The zero-order valence-electron chi connectivity index (χ0n) is 6.53. The van der Waals surface area contributed by atoms with Crippen molar-refractivity contribution in [2.45, 2.75) is 18.9 Å². The number of Topliss-reactive ketones (excluding diaryl/α,β-unsaturated/α-hetero) is 1. The van der Waals surface area contributed by atoms with Crippen LogP contribution in [0, 0.1) is 0 Å². The van der Waals surface area contributed by atoms with Gasteiger partial charge in [0.25, 0.3) is 0 Å². The maximum absolute atomic E-state index is 10.7. The zero-order valence-corrected chi connectivity index (χ0v) is 6.53. The molecule has 0 radical (unpaired) electrons. The summed E-state index contributed by atoms with van der Waals surface area (Å²) in [6, 6.07) is 0. The van der Waals surface area contributed by atoms with Crippen molar-refractivity contribution >= 4 is 17.7 Å². The molecule has 0 spiro atoms. The topological polar surface area (TPSA) is 123 Å². The summed E-state index contributed by atoms with van der Waals surface area (Å²) in [7, 11) is 0. The molecule has 68 valence electrons. The fourth-order valence-electron chi connectivity index (χ4n) is 0.625. The lowest BCUT2D eigenvalue weighted by atomic mass is 9.92. The summed E-state index contributed by atoms with van der Waals surface area (Å²) in [5.41, 5.74) is 7.68. The first-order valence-corrected chi connectivity index (χ1v) is 3.12. The first kappa shape index (κ1) is 10.6. The van der Waals surface area contributed by atoms with Gasteiger partial charge in [0, 0.05) is 0 Å². The average molecular weight is 174 g/mol. The van der Waals surface area contributed by atoms with Gasteiger partial charge in [-0.25, -0.2) is 4.79 Å². The maximum atomic E-state index is 10.7. The largest absolute Gasteiger partial charge is 0.480 e. The minimum Gasteiger partial charge on any atom is -0.480 e. The molecule has 0 unspecified atom stereocenters. The number of hydrogen-bond donors (Lipinski definition) is 3. The number of aliphatic carboxylic acids is 1. The van der Waals surface area contributed by atoms with E-state index in [4.69, 9.17) is 16.6 Å². The fourth-order valence-corrected chi connectivity index (χ4v) is 0.625. The number of nitrogens with two attached hydrogens (primary N) is 2. The molecular formula is C6H10N2O4. The van der Waals surface area contributed by atoms with Crippen molar-refractivity contribution in [2.24, 2.45) is 11.5 Å². The number of amides is 1. The van der Waals surface area contributed by atoms with Gasteiger partial charge in [0.2, 0.25) is 5.91 Å². The Morgan fingerprint density at radius 2 is 1.83 bits per heavy atom. The standard InChI is InChI=1S/C6H10N2O4/c1-3(9)6(8,5(11)12)2-4(7)10/h2,8H2,1H3,(H2,7,10)(H,11,12)/t6-/m0/s1. The zero-order chi connectivity index (χ0) is 9.94. The molecule has 12 heavy (non-hydrogen) atoms. The van der Waals surface area contributed by atoms with E-state index in [9.17, 15) is 14.4 Å². The Bertz CT molecular complexity index is 222. The van der Waals surface area contributed by atoms with Crippen LogP contribution >= 0.6 is 0 Å². The molecule has 6 nitrogen and oxygen atoms in total. The molecule has 0 aromatic rings. The monoisotopic (exact) mass is 174 g/mol. The lowest BCUT2D eigenvalue weighted by molar-refractivity contribution is -0.149. The van der Waals surface area contributed by atoms with Crippen molar-refractivity contribution in [2.75, 3.05) is 0 Å². The van der Waals surface area contributed by atoms with Crippen LogP contribution in [0.25, 0.3) is 0 Å². The van der Waals surface area contributed by atoms with Gasteiger partial charge in [-0.15, -0.1) is 0 Å². The molecule has 0 aliphatic rings. The second kappa shape index (κ2) is 3.31. The van der Waals surface area contributed by atoms with E-state index in [2.05, 4.69) is 0 Å². The maximum Gasteiger partial charge on any atom is 0.331 e. The highest BCUT2D eigenvalue weighted by Crippen LogP contribution is 2.07. The lowest BCUT2D eigenvalue weighted by Gasteiger charge is -2.18. The van der Waals surface area contributed by atoms with Gasteiger partial charge < -0.3 is 16.6 Å². The van der Waals surface area contributed by atoms with Gasteiger partial charge in [0.15, 0.2) is 11.3 Å². The second-order valence-electron chi connectivity index (χ2n) is 2.48. The van der Waals surface area contributed by atoms with E-state index in [0.717, 1.165) is 6.92 Å². The van der Waals surface area contributed by atoms with Crippen molar-refractivity contribution < 1.29 is 19.5 Å². The van der Waals surface area contributed by atoms with Gasteiger partial charge in [0.1, 0.15) is 0 Å². The molecule has 0 fully saturated rings. The van der Waals surface area contributed by atoms with Gasteiger partial charge in [-0.1, -0.05) is 0 Å². The van der Waals surface area contributed by atoms with Crippen LogP contribution in [0.1, 0.15) is 13.3 Å². The third-order valence-electron chi connectivity index (χ3n) is 1.46. The third-order valence-corrected chi connectivity index (χ3v) is 1.46. The minimum atomic E-state index is -2.17. The number of hydrogen-bond acceptors (Lipinski definition) is 4. The van der Waals surface area contributed by atoms with E-state index < -0.39 is 29.6 Å². The summed E-state index contributed by atoms with van der Waals surface area (Å²) >= 11 is 0. The van der Waals surface area contributed by atoms with Crippen LogP contribution in [0.5, 0.6) is 0 Å². The Morgan fingerprint density at radius 1 is 1.42 bits per heavy atom. The predicted octanol–water partition coefficient (Wildman–Crippen LogP) is -1.77. The lowest BCUT2D eigenvalue weighted by Crippen LogP contribution is -2.56. The smallest absolute Gasteiger partial charge is 0.331 e. The molecular weight excluding hydrogens is 164 g/mol. The Kier molecular flexibility index (Phi) is 2.92. The first-order valence-electron chi connectivity index (χ1n) is 3.12. The Morgan fingerprint density at radius 3 is 1.92 bits per heavy atom. The molecule has 0 aromatic carbocycles. The minimum absolute atomic E-state index is 0.683. The highest BCUT2D eigenvalue weighted by Gasteiger charge is 2.40. The van der Waals surface area contributed by atoms with Gasteiger partial charge >= 0.3 is 5.97 Å². The third kappa shape index (κ3) is 2.03. The van der Waals surface area contributed by atoms with E-state index in [1.165, 1.54) is 0 Å². The SMILES string of the molecule is CC(=O)[C@@](N)(CC(N)=O)C(=O)O. The van der Waals surface area contributed by atoms with Crippen LogP contribution in [-0.2, 0) is 14.4 Å². The van der Waals surface area contributed by atoms with Crippen molar-refractivity contribution in [1.82, 2.24) is 0 Å². The van der Waals surface area contributed by atoms with Crippen LogP contribution < -0.4 is 11.5 Å². The number of carbonyl (C=O) groups excluding carboxylic acids is 2. The molecule has 5 N–H and O–H groups in total. The molecule has 6 heteroatoms. The summed E-state index contributed by atoms with van der Waals surface area (Å²) in [6.45, 7) is 0.997. The van der Waals surface area contributed by atoms with Crippen LogP contribution in [0.2, 0.25) is 0 Å². The molecule has 0 aliphatic heterocycles. The van der Waals surface area contributed by atoms with Crippen LogP contribution in [0.3, 0.4) is 0 Å². The second-order valence-corrected chi connectivity index (χ2v) is 2.48. The van der Waals surface area contributed by atoms with E-state index in [1.807, 2.05) is 0 Å². The van der Waals surface area contributed by atoms with E-state index >= 15 is 0 Å². The molecule has 0 saturated carbocycles. The van der Waals surface area contributed by atoms with Gasteiger partial charge in [-0.2, -0.15) is 0 Å².